The molecule has 0 saturated carbocycles. The summed E-state index contributed by atoms with van der Waals surface area (Å²) in [4.78, 5) is 11.6. The molecule has 0 bridgehead atoms. The van der Waals surface area contributed by atoms with Gasteiger partial charge in [0.2, 0.25) is 15.9 Å². The van der Waals surface area contributed by atoms with E-state index in [1.165, 1.54) is 12.1 Å². The van der Waals surface area contributed by atoms with Crippen LogP contribution in [0.3, 0.4) is 0 Å². The highest BCUT2D eigenvalue weighted by molar-refractivity contribution is 7.89. The summed E-state index contributed by atoms with van der Waals surface area (Å²) in [6.07, 6.45) is -0.551. The molecule has 1 fully saturated rings. The van der Waals surface area contributed by atoms with E-state index >= 15 is 0 Å². The van der Waals surface area contributed by atoms with Crippen LogP contribution in [0.1, 0.15) is 6.92 Å². The van der Waals surface area contributed by atoms with E-state index in [-0.39, 0.29) is 18.0 Å². The monoisotopic (exact) mass is 284 g/mol. The SMILES string of the molecule is C[C@H]1OCCN(S(=O)(=O)c2ccccc2)[C@@H]1C(N)=O. The molecule has 0 unspecified atom stereocenters. The molecular weight excluding hydrogens is 268 g/mol. The number of carbonyl (C=O) groups is 1. The lowest BCUT2D eigenvalue weighted by Crippen LogP contribution is -2.58. The van der Waals surface area contributed by atoms with E-state index in [4.69, 9.17) is 10.5 Å². The normalized spacial score (nSPS) is 25.1. The summed E-state index contributed by atoms with van der Waals surface area (Å²) in [6.45, 7) is 2.01. The molecule has 2 atom stereocenters. The van der Waals surface area contributed by atoms with Crippen LogP contribution in [0.4, 0.5) is 0 Å². The molecule has 0 aliphatic carbocycles. The Kier molecular flexibility index (Phi) is 3.88. The van der Waals surface area contributed by atoms with E-state index in [0.29, 0.717) is 0 Å². The molecule has 2 rings (SSSR count). The van der Waals surface area contributed by atoms with E-state index in [1.807, 2.05) is 0 Å². The Morgan fingerprint density at radius 2 is 2.00 bits per heavy atom. The van der Waals surface area contributed by atoms with Gasteiger partial charge in [-0.3, -0.25) is 4.79 Å². The van der Waals surface area contributed by atoms with Gasteiger partial charge in [-0.15, -0.1) is 0 Å². The third-order valence-corrected chi connectivity index (χ3v) is 4.98. The zero-order valence-electron chi connectivity index (χ0n) is 10.5. The van der Waals surface area contributed by atoms with Gasteiger partial charge in [-0.05, 0) is 19.1 Å². The lowest BCUT2D eigenvalue weighted by Gasteiger charge is -2.36. The fourth-order valence-electron chi connectivity index (χ4n) is 2.16. The number of benzene rings is 1. The topological polar surface area (TPSA) is 89.7 Å². The first-order chi connectivity index (χ1) is 8.94. The number of primary amides is 1. The van der Waals surface area contributed by atoms with Crippen LogP contribution in [-0.4, -0.2) is 43.9 Å². The number of sulfonamides is 1. The molecule has 1 heterocycles. The van der Waals surface area contributed by atoms with Crippen molar-refractivity contribution in [3.63, 3.8) is 0 Å². The summed E-state index contributed by atoms with van der Waals surface area (Å²) in [5.41, 5.74) is 5.30. The summed E-state index contributed by atoms with van der Waals surface area (Å²) >= 11 is 0. The van der Waals surface area contributed by atoms with Crippen molar-refractivity contribution >= 4 is 15.9 Å². The fraction of sp³-hybridized carbons (Fsp3) is 0.417. The number of nitrogens with zero attached hydrogens (tertiary/aromatic N) is 1. The van der Waals surface area contributed by atoms with Gasteiger partial charge in [-0.25, -0.2) is 8.42 Å². The van der Waals surface area contributed by atoms with Crippen molar-refractivity contribution in [1.29, 1.82) is 0 Å². The summed E-state index contributed by atoms with van der Waals surface area (Å²) in [5.74, 6) is -0.702. The lowest BCUT2D eigenvalue weighted by atomic mass is 10.1. The third kappa shape index (κ3) is 2.63. The van der Waals surface area contributed by atoms with Gasteiger partial charge in [-0.1, -0.05) is 18.2 Å². The van der Waals surface area contributed by atoms with E-state index in [2.05, 4.69) is 0 Å². The average Bonchev–Trinajstić information content (AvgIpc) is 2.39. The molecule has 1 amide bonds. The van der Waals surface area contributed by atoms with Crippen molar-refractivity contribution < 1.29 is 17.9 Å². The number of carbonyl (C=O) groups excluding carboxylic acids is 1. The van der Waals surface area contributed by atoms with Crippen LogP contribution in [0, 0.1) is 0 Å². The van der Waals surface area contributed by atoms with Gasteiger partial charge in [0.25, 0.3) is 0 Å². The standard InChI is InChI=1S/C12H16N2O4S/c1-9-11(12(13)15)14(7-8-18-9)19(16,17)10-5-3-2-4-6-10/h2-6,9,11H,7-8H2,1H3,(H2,13,15)/t9-,11+/m1/s1. The largest absolute Gasteiger partial charge is 0.375 e. The second-order valence-corrected chi connectivity index (χ2v) is 6.24. The smallest absolute Gasteiger partial charge is 0.243 e. The van der Waals surface area contributed by atoms with Gasteiger partial charge in [0.15, 0.2) is 0 Å². The van der Waals surface area contributed by atoms with Crippen molar-refractivity contribution in [2.24, 2.45) is 5.73 Å². The fourth-order valence-corrected chi connectivity index (χ4v) is 3.82. The van der Waals surface area contributed by atoms with Crippen molar-refractivity contribution in [3.05, 3.63) is 30.3 Å². The Labute approximate surface area is 112 Å². The Morgan fingerprint density at radius 1 is 1.37 bits per heavy atom. The van der Waals surface area contributed by atoms with Gasteiger partial charge >= 0.3 is 0 Å². The number of morpholine rings is 1. The number of hydrogen-bond acceptors (Lipinski definition) is 4. The molecule has 1 saturated heterocycles. The summed E-state index contributed by atoms with van der Waals surface area (Å²) in [5, 5.41) is 0. The van der Waals surface area contributed by atoms with E-state index < -0.39 is 28.1 Å². The molecule has 1 aliphatic heterocycles. The van der Waals surface area contributed by atoms with E-state index in [1.54, 1.807) is 25.1 Å². The minimum atomic E-state index is -3.74. The number of rotatable bonds is 3. The molecule has 0 radical (unpaired) electrons. The second kappa shape index (κ2) is 5.28. The molecule has 1 aromatic carbocycles. The third-order valence-electron chi connectivity index (χ3n) is 3.09. The van der Waals surface area contributed by atoms with Gasteiger partial charge < -0.3 is 10.5 Å². The minimum Gasteiger partial charge on any atom is -0.375 e. The quantitative estimate of drug-likeness (QED) is 0.842. The van der Waals surface area contributed by atoms with Crippen LogP contribution < -0.4 is 5.73 Å². The second-order valence-electron chi connectivity index (χ2n) is 4.35. The first kappa shape index (κ1) is 14.0. The van der Waals surface area contributed by atoms with Crippen molar-refractivity contribution in [3.8, 4) is 0 Å². The Morgan fingerprint density at radius 3 is 2.58 bits per heavy atom. The van der Waals surface area contributed by atoms with Crippen molar-refractivity contribution in [2.45, 2.75) is 24.0 Å². The molecule has 0 aromatic heterocycles. The number of nitrogens with two attached hydrogens (primary N) is 1. The van der Waals surface area contributed by atoms with Gasteiger partial charge in [0.1, 0.15) is 6.04 Å². The van der Waals surface area contributed by atoms with Gasteiger partial charge in [0.05, 0.1) is 17.6 Å². The minimum absolute atomic E-state index is 0.120. The predicted molar refractivity (Wildman–Crippen MR) is 68.7 cm³/mol. The Bertz CT molecular complexity index is 558. The van der Waals surface area contributed by atoms with Crippen LogP contribution >= 0.6 is 0 Å². The molecule has 1 aliphatic rings. The molecule has 7 heteroatoms. The summed E-state index contributed by atoms with van der Waals surface area (Å²) in [6, 6.07) is 7.01. The van der Waals surface area contributed by atoms with Crippen LogP contribution in [-0.2, 0) is 19.6 Å². The van der Waals surface area contributed by atoms with Gasteiger partial charge in [-0.2, -0.15) is 4.31 Å². The number of ether oxygens (including phenoxy) is 1. The van der Waals surface area contributed by atoms with Crippen LogP contribution in [0.25, 0.3) is 0 Å². The molecular formula is C12H16N2O4S. The molecule has 1 aromatic rings. The van der Waals surface area contributed by atoms with Crippen molar-refractivity contribution in [1.82, 2.24) is 4.31 Å². The first-order valence-corrected chi connectivity index (χ1v) is 7.36. The molecule has 19 heavy (non-hydrogen) atoms. The van der Waals surface area contributed by atoms with Crippen molar-refractivity contribution in [2.75, 3.05) is 13.2 Å². The zero-order valence-corrected chi connectivity index (χ0v) is 11.3. The summed E-state index contributed by atoms with van der Waals surface area (Å²) in [7, 11) is -3.74. The molecule has 104 valence electrons. The Balaban J connectivity index is 2.41. The Hall–Kier alpha value is -1.44. The number of amides is 1. The van der Waals surface area contributed by atoms with E-state index in [9.17, 15) is 13.2 Å². The molecule has 6 nitrogen and oxygen atoms in total. The molecule has 2 N–H and O–H groups in total. The highest BCUT2D eigenvalue weighted by atomic mass is 32.2. The van der Waals surface area contributed by atoms with Crippen LogP contribution in [0.15, 0.2) is 35.2 Å². The van der Waals surface area contributed by atoms with Crippen LogP contribution in [0.2, 0.25) is 0 Å². The lowest BCUT2D eigenvalue weighted by molar-refractivity contribution is -0.130. The average molecular weight is 284 g/mol. The maximum atomic E-state index is 12.5. The maximum absolute atomic E-state index is 12.5. The number of hydrogen-bond donors (Lipinski definition) is 1. The van der Waals surface area contributed by atoms with Crippen LogP contribution in [0.5, 0.6) is 0 Å². The molecule has 0 spiro atoms. The summed E-state index contributed by atoms with van der Waals surface area (Å²) < 4.78 is 31.5. The van der Waals surface area contributed by atoms with Gasteiger partial charge in [0, 0.05) is 6.54 Å². The zero-order chi connectivity index (χ0) is 14.0. The van der Waals surface area contributed by atoms with E-state index in [0.717, 1.165) is 4.31 Å². The maximum Gasteiger partial charge on any atom is 0.243 e. The first-order valence-electron chi connectivity index (χ1n) is 5.92. The highest BCUT2D eigenvalue weighted by Crippen LogP contribution is 2.23. The predicted octanol–water partition coefficient (Wildman–Crippen LogP) is -0.0501. The highest BCUT2D eigenvalue weighted by Gasteiger charge is 2.41.